The first-order valence-corrected chi connectivity index (χ1v) is 13.5. The van der Waals surface area contributed by atoms with E-state index in [0.717, 1.165) is 24.0 Å². The predicted octanol–water partition coefficient (Wildman–Crippen LogP) is 1.64. The Morgan fingerprint density at radius 3 is 2.36 bits per heavy atom. The lowest BCUT2D eigenvalue weighted by molar-refractivity contribution is -0.157. The zero-order valence-corrected chi connectivity index (χ0v) is 22.1. The molecule has 10 heteroatoms. The fourth-order valence-corrected chi connectivity index (χ4v) is 7.83. The Morgan fingerprint density at radius 1 is 1.08 bits per heavy atom. The number of aromatic hydroxyl groups is 1. The van der Waals surface area contributed by atoms with E-state index in [-0.39, 0.29) is 34.6 Å². The van der Waals surface area contributed by atoms with Crippen LogP contribution in [0.25, 0.3) is 5.76 Å². The van der Waals surface area contributed by atoms with Gasteiger partial charge in [-0.15, -0.1) is 0 Å². The average molecular weight is 539 g/mol. The summed E-state index contributed by atoms with van der Waals surface area (Å²) in [7, 11) is 0. The zero-order chi connectivity index (χ0) is 28.0. The second-order valence-corrected chi connectivity index (χ2v) is 12.4. The van der Waals surface area contributed by atoms with Gasteiger partial charge in [-0.2, -0.15) is 0 Å². The molecule has 2 saturated carbocycles. The number of aliphatic hydroxyl groups excluding tert-OH is 2. The van der Waals surface area contributed by atoms with Gasteiger partial charge in [0.25, 0.3) is 5.91 Å². The highest BCUT2D eigenvalue weighted by Crippen LogP contribution is 2.56. The molecule has 1 aromatic rings. The van der Waals surface area contributed by atoms with Crippen molar-refractivity contribution in [2.45, 2.75) is 57.1 Å². The number of ketones is 2. The van der Waals surface area contributed by atoms with Crippen LogP contribution < -0.4 is 5.73 Å². The van der Waals surface area contributed by atoms with Gasteiger partial charge in [0.15, 0.2) is 11.4 Å². The number of hydrogen-bond acceptors (Lipinski definition) is 9. The standard InChI is InChI=1S/C29H34N2O8/c1-28(2)11-14(12-28)15-3-4-18(32)20-16(15)9-13-10-17-22(31-5-7-39-8-6-31)24(34)21(27(30)37)26(36)29(17,38)25(35)19(13)23(20)33/h3-4,13-14,17,22,32-33,36,38H,5-12H2,1-2H3,(H2,30,37)/t13?,17-,22+,29-/m0/s1. The molecule has 39 heavy (non-hydrogen) atoms. The third kappa shape index (κ3) is 3.61. The number of morpholine rings is 1. The van der Waals surface area contributed by atoms with Gasteiger partial charge in [-0.1, -0.05) is 19.9 Å². The molecule has 10 nitrogen and oxygen atoms in total. The molecule has 4 aliphatic carbocycles. The van der Waals surface area contributed by atoms with Crippen LogP contribution in [0.3, 0.4) is 0 Å². The number of hydrogen-bond donors (Lipinski definition) is 5. The highest BCUT2D eigenvalue weighted by molar-refractivity contribution is 6.24. The van der Waals surface area contributed by atoms with Crippen molar-refractivity contribution in [1.29, 1.82) is 0 Å². The number of phenolic OH excluding ortho intramolecular Hbond substituents is 1. The van der Waals surface area contributed by atoms with Gasteiger partial charge in [-0.05, 0) is 60.1 Å². The van der Waals surface area contributed by atoms with Crippen LogP contribution >= 0.6 is 0 Å². The Kier molecular flexibility index (Phi) is 5.77. The summed E-state index contributed by atoms with van der Waals surface area (Å²) >= 11 is 0. The molecule has 1 heterocycles. The number of Topliss-reactive ketones (excluding diaryl/α,β-unsaturated/α-hetero) is 2. The Morgan fingerprint density at radius 2 is 1.74 bits per heavy atom. The maximum atomic E-state index is 14.1. The summed E-state index contributed by atoms with van der Waals surface area (Å²) in [4.78, 5) is 41.7. The van der Waals surface area contributed by atoms with E-state index in [1.807, 2.05) is 6.07 Å². The molecule has 1 saturated heterocycles. The van der Waals surface area contributed by atoms with Crippen molar-refractivity contribution >= 4 is 23.2 Å². The van der Waals surface area contributed by atoms with Crippen molar-refractivity contribution in [1.82, 2.24) is 4.90 Å². The first-order valence-electron chi connectivity index (χ1n) is 13.5. The van der Waals surface area contributed by atoms with E-state index in [4.69, 9.17) is 10.5 Å². The Labute approximate surface area is 225 Å². The van der Waals surface area contributed by atoms with Gasteiger partial charge in [0.1, 0.15) is 22.8 Å². The number of nitrogens with two attached hydrogens (primary N) is 1. The first kappa shape index (κ1) is 26.0. The van der Waals surface area contributed by atoms with Crippen LogP contribution in [-0.4, -0.2) is 80.7 Å². The van der Waals surface area contributed by atoms with E-state index in [0.29, 0.717) is 32.7 Å². The molecule has 1 amide bonds. The normalized spacial score (nSPS) is 32.8. The number of phenols is 1. The van der Waals surface area contributed by atoms with Gasteiger partial charge in [0.2, 0.25) is 5.78 Å². The van der Waals surface area contributed by atoms with Gasteiger partial charge in [0.05, 0.1) is 24.8 Å². The van der Waals surface area contributed by atoms with E-state index in [1.54, 1.807) is 4.90 Å². The molecule has 1 unspecified atom stereocenters. The summed E-state index contributed by atoms with van der Waals surface area (Å²) in [5.41, 5.74) is 4.04. The zero-order valence-electron chi connectivity index (χ0n) is 22.1. The predicted molar refractivity (Wildman–Crippen MR) is 139 cm³/mol. The smallest absolute Gasteiger partial charge is 0.255 e. The van der Waals surface area contributed by atoms with Crippen molar-refractivity contribution in [3.05, 3.63) is 45.7 Å². The largest absolute Gasteiger partial charge is 0.508 e. The summed E-state index contributed by atoms with van der Waals surface area (Å²) in [5, 5.41) is 45.2. The van der Waals surface area contributed by atoms with Crippen LogP contribution in [0.1, 0.15) is 55.7 Å². The van der Waals surface area contributed by atoms with E-state index < -0.39 is 58.0 Å². The highest BCUT2D eigenvalue weighted by atomic mass is 16.5. The van der Waals surface area contributed by atoms with Crippen molar-refractivity contribution in [3.63, 3.8) is 0 Å². The van der Waals surface area contributed by atoms with Crippen molar-refractivity contribution in [2.75, 3.05) is 26.3 Å². The fraction of sp³-hybridized carbons (Fsp3) is 0.552. The van der Waals surface area contributed by atoms with Crippen molar-refractivity contribution in [2.24, 2.45) is 23.0 Å². The second-order valence-electron chi connectivity index (χ2n) is 12.4. The molecule has 6 rings (SSSR count). The molecule has 0 aromatic heterocycles. The van der Waals surface area contributed by atoms with E-state index >= 15 is 0 Å². The lowest BCUT2D eigenvalue weighted by atomic mass is 9.56. The Bertz CT molecular complexity index is 1360. The SMILES string of the molecule is CC1(C)CC(c2ccc(O)c3c2CC2C[C@H]4[C@@H](N5CCOCC5)C(=O)C(C(N)=O)=C(O)[C@@]4(O)C(=O)C2=C3O)C1. The van der Waals surface area contributed by atoms with E-state index in [2.05, 4.69) is 13.8 Å². The number of carbonyl (C=O) groups is 3. The molecule has 3 fully saturated rings. The summed E-state index contributed by atoms with van der Waals surface area (Å²) in [6, 6.07) is 2.31. The fourth-order valence-electron chi connectivity index (χ4n) is 7.83. The number of nitrogens with zero attached hydrogens (tertiary/aromatic N) is 1. The molecule has 6 N–H and O–H groups in total. The molecular weight excluding hydrogens is 504 g/mol. The number of benzene rings is 1. The number of fused-ring (bicyclic) bond motifs is 3. The highest BCUT2D eigenvalue weighted by Gasteiger charge is 2.64. The van der Waals surface area contributed by atoms with Crippen LogP contribution in [-0.2, 0) is 25.5 Å². The number of aliphatic hydroxyl groups is 3. The van der Waals surface area contributed by atoms with Crippen LogP contribution in [0.2, 0.25) is 0 Å². The molecule has 0 radical (unpaired) electrons. The van der Waals surface area contributed by atoms with Crippen LogP contribution in [0.4, 0.5) is 0 Å². The summed E-state index contributed by atoms with van der Waals surface area (Å²) < 4.78 is 5.42. The molecule has 1 aliphatic heterocycles. The first-order chi connectivity index (χ1) is 18.4. The molecule has 208 valence electrons. The number of rotatable bonds is 3. The van der Waals surface area contributed by atoms with Gasteiger partial charge in [0, 0.05) is 24.6 Å². The molecule has 4 atom stereocenters. The number of primary amides is 1. The van der Waals surface area contributed by atoms with Crippen LogP contribution in [0.5, 0.6) is 5.75 Å². The maximum absolute atomic E-state index is 14.1. The lowest BCUT2D eigenvalue weighted by Crippen LogP contribution is -2.67. The average Bonchev–Trinajstić information content (AvgIpc) is 2.85. The molecule has 0 spiro atoms. The van der Waals surface area contributed by atoms with Gasteiger partial charge >= 0.3 is 0 Å². The number of amides is 1. The summed E-state index contributed by atoms with van der Waals surface area (Å²) in [6.07, 6.45) is 2.33. The Hall–Kier alpha value is -3.21. The van der Waals surface area contributed by atoms with Gasteiger partial charge in [-0.3, -0.25) is 19.3 Å². The van der Waals surface area contributed by atoms with E-state index in [9.17, 15) is 34.8 Å². The van der Waals surface area contributed by atoms with Gasteiger partial charge in [-0.25, -0.2) is 0 Å². The van der Waals surface area contributed by atoms with Crippen LogP contribution in [0, 0.1) is 17.3 Å². The molecule has 1 aromatic carbocycles. The quantitative estimate of drug-likeness (QED) is 0.359. The number of carbonyl (C=O) groups excluding carboxylic acids is 3. The van der Waals surface area contributed by atoms with Gasteiger partial charge < -0.3 is 30.9 Å². The van der Waals surface area contributed by atoms with Crippen molar-refractivity contribution in [3.8, 4) is 5.75 Å². The summed E-state index contributed by atoms with van der Waals surface area (Å²) in [6.45, 7) is 5.71. The third-order valence-electron chi connectivity index (χ3n) is 9.56. The molecule has 5 aliphatic rings. The lowest BCUT2D eigenvalue weighted by Gasteiger charge is -2.52. The monoisotopic (exact) mass is 538 g/mol. The minimum absolute atomic E-state index is 0.0934. The topological polar surface area (TPSA) is 171 Å². The van der Waals surface area contributed by atoms with E-state index in [1.165, 1.54) is 6.07 Å². The third-order valence-corrected chi connectivity index (χ3v) is 9.56. The Balaban J connectivity index is 1.50. The second kappa shape index (κ2) is 8.64. The minimum atomic E-state index is -2.64. The minimum Gasteiger partial charge on any atom is -0.508 e. The van der Waals surface area contributed by atoms with Crippen molar-refractivity contribution < 1.29 is 39.5 Å². The number of ether oxygens (including phenoxy) is 1. The maximum Gasteiger partial charge on any atom is 0.255 e. The molecular formula is C29H34N2O8. The van der Waals surface area contributed by atoms with Crippen LogP contribution in [0.15, 0.2) is 29.0 Å². The molecule has 0 bridgehead atoms. The summed E-state index contributed by atoms with van der Waals surface area (Å²) in [5.74, 6) is -6.04.